The van der Waals surface area contributed by atoms with Crippen LogP contribution in [0.15, 0.2) is 83.8 Å². The number of ether oxygens (including phenoxy) is 1. The summed E-state index contributed by atoms with van der Waals surface area (Å²) in [7, 11) is 0. The van der Waals surface area contributed by atoms with Crippen LogP contribution in [-0.4, -0.2) is 17.6 Å². The van der Waals surface area contributed by atoms with Crippen LogP contribution in [0, 0.1) is 0 Å². The number of aromatic amines is 1. The summed E-state index contributed by atoms with van der Waals surface area (Å²) in [5.74, 6) is -1.09. The molecule has 4 heteroatoms. The van der Waals surface area contributed by atoms with Gasteiger partial charge in [-0.1, -0.05) is 66.7 Å². The van der Waals surface area contributed by atoms with Crippen molar-refractivity contribution in [3.63, 3.8) is 0 Å². The minimum absolute atomic E-state index is 0.202. The predicted molar refractivity (Wildman–Crippen MR) is 101 cm³/mol. The molecule has 0 aliphatic carbocycles. The molecule has 1 atom stereocenters. The number of aromatic nitrogens is 1. The van der Waals surface area contributed by atoms with Gasteiger partial charge in [-0.3, -0.25) is 9.59 Å². The molecule has 0 saturated heterocycles. The topological polar surface area (TPSA) is 59.2 Å². The Morgan fingerprint density at radius 2 is 1.46 bits per heavy atom. The molecule has 0 fully saturated rings. The van der Waals surface area contributed by atoms with E-state index in [9.17, 15) is 9.59 Å². The molecule has 1 N–H and O–H groups in total. The molecule has 0 bridgehead atoms. The van der Waals surface area contributed by atoms with Gasteiger partial charge in [0.05, 0.1) is 12.5 Å². The number of nitrogens with one attached hydrogen (secondary N) is 1. The number of pyridine rings is 1. The second kappa shape index (κ2) is 8.30. The number of benzene rings is 2. The summed E-state index contributed by atoms with van der Waals surface area (Å²) < 4.78 is 5.38. The minimum atomic E-state index is -0.559. The van der Waals surface area contributed by atoms with Gasteiger partial charge in [0.2, 0.25) is 5.56 Å². The number of H-pyrrole nitrogens is 1. The zero-order chi connectivity index (χ0) is 18.4. The van der Waals surface area contributed by atoms with Crippen molar-refractivity contribution in [2.45, 2.75) is 18.8 Å². The normalized spacial score (nSPS) is 11.9. The number of hydrogen-bond donors (Lipinski definition) is 1. The van der Waals surface area contributed by atoms with Crippen LogP contribution >= 0.6 is 0 Å². The van der Waals surface area contributed by atoms with Crippen LogP contribution in [0.5, 0.6) is 0 Å². The second-order valence-corrected chi connectivity index (χ2v) is 6.02. The van der Waals surface area contributed by atoms with E-state index in [0.717, 1.165) is 16.7 Å². The van der Waals surface area contributed by atoms with Crippen LogP contribution in [0.25, 0.3) is 0 Å². The lowest BCUT2D eigenvalue weighted by molar-refractivity contribution is -0.145. The van der Waals surface area contributed by atoms with Gasteiger partial charge in [-0.2, -0.15) is 0 Å². The fourth-order valence-corrected chi connectivity index (χ4v) is 3.21. The van der Waals surface area contributed by atoms with Crippen LogP contribution in [0.1, 0.15) is 35.4 Å². The first kappa shape index (κ1) is 17.7. The highest BCUT2D eigenvalue weighted by Gasteiger charge is 2.33. The highest BCUT2D eigenvalue weighted by Crippen LogP contribution is 2.39. The molecule has 0 aliphatic heterocycles. The Bertz CT molecular complexity index is 843. The van der Waals surface area contributed by atoms with Gasteiger partial charge < -0.3 is 9.72 Å². The lowest BCUT2D eigenvalue weighted by Gasteiger charge is -2.27. The Balaban J connectivity index is 2.16. The van der Waals surface area contributed by atoms with E-state index < -0.39 is 5.92 Å². The van der Waals surface area contributed by atoms with E-state index in [4.69, 9.17) is 4.74 Å². The Hall–Kier alpha value is -3.14. The van der Waals surface area contributed by atoms with Crippen molar-refractivity contribution in [3.8, 4) is 0 Å². The quantitative estimate of drug-likeness (QED) is 0.689. The third-order valence-electron chi connectivity index (χ3n) is 4.36. The van der Waals surface area contributed by atoms with Crippen molar-refractivity contribution in [3.05, 3.63) is 106 Å². The maximum absolute atomic E-state index is 12.9. The molecule has 4 nitrogen and oxygen atoms in total. The van der Waals surface area contributed by atoms with Crippen LogP contribution in [-0.2, 0) is 9.53 Å². The van der Waals surface area contributed by atoms with E-state index in [1.54, 1.807) is 19.2 Å². The molecule has 1 unspecified atom stereocenters. The van der Waals surface area contributed by atoms with E-state index in [1.807, 2.05) is 60.7 Å². The maximum Gasteiger partial charge on any atom is 0.314 e. The van der Waals surface area contributed by atoms with Crippen LogP contribution < -0.4 is 5.56 Å². The number of hydrogen-bond acceptors (Lipinski definition) is 3. The molecule has 3 aromatic rings. The third kappa shape index (κ3) is 3.91. The summed E-state index contributed by atoms with van der Waals surface area (Å²) in [5, 5.41) is 0. The van der Waals surface area contributed by atoms with Crippen LogP contribution in [0.2, 0.25) is 0 Å². The largest absolute Gasteiger partial charge is 0.465 e. The molecular formula is C22H21NO3. The highest BCUT2D eigenvalue weighted by molar-refractivity contribution is 5.80. The molecule has 1 aromatic heterocycles. The van der Waals surface area contributed by atoms with Gasteiger partial charge in [0.1, 0.15) is 0 Å². The van der Waals surface area contributed by atoms with Crippen molar-refractivity contribution in [2.75, 3.05) is 6.61 Å². The van der Waals surface area contributed by atoms with E-state index in [1.165, 1.54) is 6.07 Å². The Morgan fingerprint density at radius 3 is 1.92 bits per heavy atom. The van der Waals surface area contributed by atoms with E-state index in [0.29, 0.717) is 6.61 Å². The summed E-state index contributed by atoms with van der Waals surface area (Å²) in [6.07, 6.45) is 1.60. The average Bonchev–Trinajstić information content (AvgIpc) is 2.68. The SMILES string of the molecule is CCOC(=O)C(c1ccc(=O)[nH]c1)C(c1ccccc1)c1ccccc1. The van der Waals surface area contributed by atoms with Crippen molar-refractivity contribution < 1.29 is 9.53 Å². The van der Waals surface area contributed by atoms with Crippen molar-refractivity contribution >= 4 is 5.97 Å². The summed E-state index contributed by atoms with van der Waals surface area (Å²) in [6.45, 7) is 2.09. The first-order chi connectivity index (χ1) is 12.7. The lowest BCUT2D eigenvalue weighted by atomic mass is 9.77. The smallest absolute Gasteiger partial charge is 0.314 e. The first-order valence-electron chi connectivity index (χ1n) is 8.66. The fourth-order valence-electron chi connectivity index (χ4n) is 3.21. The molecule has 1 heterocycles. The van der Waals surface area contributed by atoms with E-state index in [2.05, 4.69) is 4.98 Å². The van der Waals surface area contributed by atoms with Gasteiger partial charge >= 0.3 is 5.97 Å². The molecule has 2 aromatic carbocycles. The Kier molecular flexibility index (Phi) is 5.64. The van der Waals surface area contributed by atoms with E-state index in [-0.39, 0.29) is 17.4 Å². The van der Waals surface area contributed by atoms with Crippen molar-refractivity contribution in [1.82, 2.24) is 4.98 Å². The zero-order valence-corrected chi connectivity index (χ0v) is 14.6. The monoisotopic (exact) mass is 347 g/mol. The highest BCUT2D eigenvalue weighted by atomic mass is 16.5. The van der Waals surface area contributed by atoms with Crippen LogP contribution in [0.4, 0.5) is 0 Å². The molecular weight excluding hydrogens is 326 g/mol. The maximum atomic E-state index is 12.9. The summed E-state index contributed by atoms with van der Waals surface area (Å²) >= 11 is 0. The fraction of sp³-hybridized carbons (Fsp3) is 0.182. The predicted octanol–water partition coefficient (Wildman–Crippen LogP) is 3.85. The zero-order valence-electron chi connectivity index (χ0n) is 14.6. The van der Waals surface area contributed by atoms with Gasteiger partial charge in [-0.15, -0.1) is 0 Å². The molecule has 0 radical (unpaired) electrons. The number of rotatable bonds is 6. The Morgan fingerprint density at radius 1 is 0.885 bits per heavy atom. The van der Waals surface area contributed by atoms with Gasteiger partial charge in [-0.05, 0) is 23.6 Å². The molecule has 0 amide bonds. The van der Waals surface area contributed by atoms with E-state index >= 15 is 0 Å². The molecule has 0 saturated carbocycles. The number of esters is 1. The second-order valence-electron chi connectivity index (χ2n) is 6.02. The van der Waals surface area contributed by atoms with Gasteiger partial charge in [0.15, 0.2) is 0 Å². The average molecular weight is 347 g/mol. The summed E-state index contributed by atoms with van der Waals surface area (Å²) in [6, 6.07) is 22.9. The third-order valence-corrected chi connectivity index (χ3v) is 4.36. The van der Waals surface area contributed by atoms with Gasteiger partial charge in [0, 0.05) is 18.2 Å². The van der Waals surface area contributed by atoms with Crippen molar-refractivity contribution in [1.29, 1.82) is 0 Å². The summed E-state index contributed by atoms with van der Waals surface area (Å²) in [4.78, 5) is 27.1. The standard InChI is InChI=1S/C22H21NO3/c1-2-26-22(25)21(18-13-14-19(24)23-15-18)20(16-9-5-3-6-10-16)17-11-7-4-8-12-17/h3-15,20-21H,2H2,1H3,(H,23,24). The minimum Gasteiger partial charge on any atom is -0.465 e. The summed E-state index contributed by atoms with van der Waals surface area (Å²) in [5.41, 5.74) is 2.55. The first-order valence-corrected chi connectivity index (χ1v) is 8.66. The molecule has 26 heavy (non-hydrogen) atoms. The van der Waals surface area contributed by atoms with Gasteiger partial charge in [0.25, 0.3) is 0 Å². The Labute approximate surface area is 152 Å². The lowest BCUT2D eigenvalue weighted by Crippen LogP contribution is -2.24. The van der Waals surface area contributed by atoms with Crippen molar-refractivity contribution in [2.24, 2.45) is 0 Å². The molecule has 0 aliphatic rings. The van der Waals surface area contributed by atoms with Crippen LogP contribution in [0.3, 0.4) is 0 Å². The number of carbonyl (C=O) groups excluding carboxylic acids is 1. The molecule has 132 valence electrons. The molecule has 0 spiro atoms. The number of carbonyl (C=O) groups is 1. The molecule has 3 rings (SSSR count). The van der Waals surface area contributed by atoms with Gasteiger partial charge in [-0.25, -0.2) is 0 Å².